The average Bonchev–Trinajstić information content (AvgIpc) is 2.55. The van der Waals surface area contributed by atoms with Crippen molar-refractivity contribution in [3.05, 3.63) is 46.3 Å². The lowest BCUT2D eigenvalue weighted by molar-refractivity contribution is 0.0695. The first-order valence-electron chi connectivity index (χ1n) is 4.60. The van der Waals surface area contributed by atoms with Gasteiger partial charge in [-0.05, 0) is 0 Å². The summed E-state index contributed by atoms with van der Waals surface area (Å²) in [7, 11) is 1.50. The summed E-state index contributed by atoms with van der Waals surface area (Å²) < 4.78 is 5.91. The Bertz CT molecular complexity index is 580. The van der Waals surface area contributed by atoms with Gasteiger partial charge in [0.25, 0.3) is 0 Å². The van der Waals surface area contributed by atoms with Crippen molar-refractivity contribution in [1.29, 1.82) is 0 Å². The third-order valence-electron chi connectivity index (χ3n) is 2.24. The minimum absolute atomic E-state index is 0.276. The SMILES string of the molecule is Cn1oc(=O)c(C(=O)O)c1-c1ccccc1. The number of hydrogen-bond acceptors (Lipinski definition) is 3. The Morgan fingerprint density at radius 1 is 1.31 bits per heavy atom. The van der Waals surface area contributed by atoms with Crippen molar-refractivity contribution < 1.29 is 14.4 Å². The Labute approximate surface area is 90.5 Å². The Kier molecular flexibility index (Phi) is 2.36. The lowest BCUT2D eigenvalue weighted by Gasteiger charge is -2.01. The number of aromatic carboxylic acids is 1. The van der Waals surface area contributed by atoms with E-state index in [2.05, 4.69) is 0 Å². The Balaban J connectivity index is 2.75. The fourth-order valence-corrected chi connectivity index (χ4v) is 1.58. The number of benzene rings is 1. The third kappa shape index (κ3) is 1.52. The van der Waals surface area contributed by atoms with Gasteiger partial charge in [-0.15, -0.1) is 0 Å². The van der Waals surface area contributed by atoms with E-state index in [1.807, 2.05) is 6.07 Å². The standard InChI is InChI=1S/C11H9NO4/c1-12-9(7-5-3-2-4-6-7)8(10(13)14)11(15)16-12/h2-6H,1H3,(H,13,14). The zero-order chi connectivity index (χ0) is 11.7. The fourth-order valence-electron chi connectivity index (χ4n) is 1.58. The number of nitrogens with zero attached hydrogens (tertiary/aromatic N) is 1. The summed E-state index contributed by atoms with van der Waals surface area (Å²) in [6, 6.07) is 8.77. The molecule has 0 aliphatic carbocycles. The highest BCUT2D eigenvalue weighted by atomic mass is 16.5. The molecule has 1 aromatic heterocycles. The number of rotatable bonds is 2. The van der Waals surface area contributed by atoms with Gasteiger partial charge in [-0.2, -0.15) is 0 Å². The molecule has 0 aliphatic heterocycles. The van der Waals surface area contributed by atoms with Crippen LogP contribution < -0.4 is 5.63 Å². The molecule has 5 heteroatoms. The molecule has 0 saturated carbocycles. The smallest absolute Gasteiger partial charge is 0.372 e. The summed E-state index contributed by atoms with van der Waals surface area (Å²) in [4.78, 5) is 22.3. The van der Waals surface area contributed by atoms with E-state index in [1.165, 1.54) is 11.8 Å². The highest BCUT2D eigenvalue weighted by Crippen LogP contribution is 2.21. The molecule has 2 aromatic rings. The van der Waals surface area contributed by atoms with E-state index in [0.29, 0.717) is 5.56 Å². The number of hydrogen-bond donors (Lipinski definition) is 1. The van der Waals surface area contributed by atoms with Crippen molar-refractivity contribution in [3.63, 3.8) is 0 Å². The predicted molar refractivity (Wildman–Crippen MR) is 56.3 cm³/mol. The molecule has 2 rings (SSSR count). The van der Waals surface area contributed by atoms with E-state index in [-0.39, 0.29) is 11.3 Å². The molecule has 1 aromatic carbocycles. The summed E-state index contributed by atoms with van der Waals surface area (Å²) in [5.74, 6) is -1.28. The topological polar surface area (TPSA) is 72.4 Å². The first-order valence-corrected chi connectivity index (χ1v) is 4.60. The maximum Gasteiger partial charge on any atom is 0.372 e. The Morgan fingerprint density at radius 2 is 1.94 bits per heavy atom. The average molecular weight is 219 g/mol. The van der Waals surface area contributed by atoms with E-state index in [4.69, 9.17) is 9.63 Å². The van der Waals surface area contributed by atoms with E-state index in [0.717, 1.165) is 0 Å². The van der Waals surface area contributed by atoms with Gasteiger partial charge in [0.05, 0.1) is 0 Å². The predicted octanol–water partition coefficient (Wildman–Crippen LogP) is 1.34. The van der Waals surface area contributed by atoms with Gasteiger partial charge in [-0.3, -0.25) is 0 Å². The quantitative estimate of drug-likeness (QED) is 0.827. The van der Waals surface area contributed by atoms with Gasteiger partial charge in [-0.25, -0.2) is 14.3 Å². The highest BCUT2D eigenvalue weighted by Gasteiger charge is 2.22. The van der Waals surface area contributed by atoms with Crippen molar-refractivity contribution >= 4 is 5.97 Å². The highest BCUT2D eigenvalue weighted by molar-refractivity contribution is 5.94. The minimum Gasteiger partial charge on any atom is -0.477 e. The molecule has 0 spiro atoms. The van der Waals surface area contributed by atoms with Gasteiger partial charge in [0.2, 0.25) is 0 Å². The second-order valence-electron chi connectivity index (χ2n) is 3.27. The monoisotopic (exact) mass is 219 g/mol. The van der Waals surface area contributed by atoms with Gasteiger partial charge >= 0.3 is 11.6 Å². The van der Waals surface area contributed by atoms with Crippen LogP contribution >= 0.6 is 0 Å². The molecule has 1 heterocycles. The maximum atomic E-state index is 11.3. The second kappa shape index (κ2) is 3.69. The zero-order valence-electron chi connectivity index (χ0n) is 8.51. The third-order valence-corrected chi connectivity index (χ3v) is 2.24. The molecule has 0 unspecified atom stereocenters. The number of aromatic nitrogens is 1. The number of carbonyl (C=O) groups is 1. The van der Waals surface area contributed by atoms with Crippen LogP contribution in [0.25, 0.3) is 11.3 Å². The normalized spacial score (nSPS) is 10.3. The molecule has 16 heavy (non-hydrogen) atoms. The largest absolute Gasteiger partial charge is 0.477 e. The molecular formula is C11H9NO4. The summed E-state index contributed by atoms with van der Waals surface area (Å²) in [6.07, 6.45) is 0. The summed E-state index contributed by atoms with van der Waals surface area (Å²) in [6.45, 7) is 0. The minimum atomic E-state index is -1.28. The Hall–Kier alpha value is -2.30. The lowest BCUT2D eigenvalue weighted by Crippen LogP contribution is -2.09. The zero-order valence-corrected chi connectivity index (χ0v) is 8.51. The summed E-state index contributed by atoms with van der Waals surface area (Å²) in [5, 5.41) is 8.95. The van der Waals surface area contributed by atoms with E-state index in [9.17, 15) is 9.59 Å². The molecule has 0 amide bonds. The van der Waals surface area contributed by atoms with Crippen LogP contribution in [0.5, 0.6) is 0 Å². The van der Waals surface area contributed by atoms with Crippen LogP contribution in [0, 0.1) is 0 Å². The van der Waals surface area contributed by atoms with Crippen LogP contribution in [0.2, 0.25) is 0 Å². The van der Waals surface area contributed by atoms with E-state index >= 15 is 0 Å². The first-order chi connectivity index (χ1) is 7.61. The van der Waals surface area contributed by atoms with Gasteiger partial charge in [-0.1, -0.05) is 30.3 Å². The van der Waals surface area contributed by atoms with Gasteiger partial charge in [0, 0.05) is 12.6 Å². The lowest BCUT2D eigenvalue weighted by atomic mass is 10.1. The van der Waals surface area contributed by atoms with Crippen LogP contribution in [-0.4, -0.2) is 15.8 Å². The fraction of sp³-hybridized carbons (Fsp3) is 0.0909. The number of carboxylic acids is 1. The van der Waals surface area contributed by atoms with Crippen molar-refractivity contribution in [2.24, 2.45) is 7.05 Å². The van der Waals surface area contributed by atoms with E-state index < -0.39 is 11.6 Å². The van der Waals surface area contributed by atoms with Gasteiger partial charge in [0.1, 0.15) is 5.69 Å². The molecule has 0 bridgehead atoms. The van der Waals surface area contributed by atoms with E-state index in [1.54, 1.807) is 24.3 Å². The molecule has 0 saturated heterocycles. The Morgan fingerprint density at radius 3 is 2.50 bits per heavy atom. The van der Waals surface area contributed by atoms with Crippen LogP contribution in [0.15, 0.2) is 39.6 Å². The van der Waals surface area contributed by atoms with Crippen molar-refractivity contribution in [2.75, 3.05) is 0 Å². The molecular weight excluding hydrogens is 210 g/mol. The number of carboxylic acid groups (broad SMARTS) is 1. The molecule has 1 N–H and O–H groups in total. The molecule has 0 aliphatic rings. The summed E-state index contributed by atoms with van der Waals surface area (Å²) >= 11 is 0. The molecule has 0 atom stereocenters. The first kappa shape index (κ1) is 10.2. The van der Waals surface area contributed by atoms with Crippen molar-refractivity contribution in [3.8, 4) is 11.3 Å². The van der Waals surface area contributed by atoms with Crippen LogP contribution in [0.3, 0.4) is 0 Å². The maximum absolute atomic E-state index is 11.3. The van der Waals surface area contributed by atoms with Crippen LogP contribution in [-0.2, 0) is 7.05 Å². The van der Waals surface area contributed by atoms with Crippen LogP contribution in [0.4, 0.5) is 0 Å². The van der Waals surface area contributed by atoms with Crippen molar-refractivity contribution in [1.82, 2.24) is 4.74 Å². The molecule has 5 nitrogen and oxygen atoms in total. The van der Waals surface area contributed by atoms with Crippen molar-refractivity contribution in [2.45, 2.75) is 0 Å². The molecule has 82 valence electrons. The molecule has 0 radical (unpaired) electrons. The van der Waals surface area contributed by atoms with Gasteiger partial charge in [0.15, 0.2) is 5.56 Å². The summed E-state index contributed by atoms with van der Waals surface area (Å²) in [5.41, 5.74) is -0.270. The van der Waals surface area contributed by atoms with Crippen LogP contribution in [0.1, 0.15) is 10.4 Å². The second-order valence-corrected chi connectivity index (χ2v) is 3.27. The number of aryl methyl sites for hydroxylation is 1. The molecule has 0 fully saturated rings. The van der Waals surface area contributed by atoms with Gasteiger partial charge < -0.3 is 9.63 Å².